The molecule has 0 aliphatic heterocycles. The third-order valence-electron chi connectivity index (χ3n) is 3.64. The first kappa shape index (κ1) is 15.6. The Balaban J connectivity index is 1.70. The van der Waals surface area contributed by atoms with Crippen molar-refractivity contribution in [3.05, 3.63) is 70.6 Å². The summed E-state index contributed by atoms with van der Waals surface area (Å²) >= 11 is 0. The highest BCUT2D eigenvalue weighted by molar-refractivity contribution is 5.47. The molecule has 3 rings (SSSR count). The lowest BCUT2D eigenvalue weighted by molar-refractivity contribution is 0.325. The van der Waals surface area contributed by atoms with Gasteiger partial charge in [-0.15, -0.1) is 0 Å². The molecule has 0 saturated carbocycles. The van der Waals surface area contributed by atoms with Crippen LogP contribution in [0.4, 0.5) is 5.82 Å². The lowest BCUT2D eigenvalue weighted by Gasteiger charge is -2.18. The number of rotatable bonds is 5. The molecule has 2 aromatic heterocycles. The summed E-state index contributed by atoms with van der Waals surface area (Å²) in [5, 5.41) is 9.05. The topological polar surface area (TPSA) is 70.6 Å². The van der Waals surface area contributed by atoms with Gasteiger partial charge in [0.2, 0.25) is 0 Å². The number of ether oxygens (including phenoxy) is 1. The standard InChI is InChI=1S/C18H16N4O2/c1-21(10-11-24-15-7-3-2-6-14(15)13-19)17-12-18(23)22-9-5-4-8-16(22)20-17/h2-9,12H,10-11H2,1H3. The van der Waals surface area contributed by atoms with Gasteiger partial charge in [0.15, 0.2) is 0 Å². The van der Waals surface area contributed by atoms with E-state index in [0.29, 0.717) is 35.9 Å². The van der Waals surface area contributed by atoms with Crippen LogP contribution in [0.1, 0.15) is 5.56 Å². The average Bonchev–Trinajstić information content (AvgIpc) is 2.62. The number of fused-ring (bicyclic) bond motifs is 1. The second-order valence-electron chi connectivity index (χ2n) is 5.26. The summed E-state index contributed by atoms with van der Waals surface area (Å²) in [5.74, 6) is 1.14. The van der Waals surface area contributed by atoms with Crippen molar-refractivity contribution in [2.45, 2.75) is 0 Å². The fourth-order valence-electron chi connectivity index (χ4n) is 2.33. The van der Waals surface area contributed by atoms with Crippen molar-refractivity contribution in [3.8, 4) is 11.8 Å². The van der Waals surface area contributed by atoms with E-state index in [1.165, 1.54) is 10.5 Å². The van der Waals surface area contributed by atoms with Gasteiger partial charge in [-0.05, 0) is 24.3 Å². The zero-order valence-electron chi connectivity index (χ0n) is 13.2. The number of anilines is 1. The first-order valence-electron chi connectivity index (χ1n) is 7.50. The Morgan fingerprint density at radius 2 is 2.04 bits per heavy atom. The predicted octanol–water partition coefficient (Wildman–Crippen LogP) is 2.08. The number of likely N-dealkylation sites (N-methyl/N-ethyl adjacent to an activating group) is 1. The Bertz CT molecular complexity index is 959. The molecule has 24 heavy (non-hydrogen) atoms. The molecular weight excluding hydrogens is 304 g/mol. The van der Waals surface area contributed by atoms with Crippen molar-refractivity contribution >= 4 is 11.5 Å². The monoisotopic (exact) mass is 320 g/mol. The number of hydrogen-bond donors (Lipinski definition) is 0. The molecule has 6 nitrogen and oxygen atoms in total. The minimum atomic E-state index is -0.127. The summed E-state index contributed by atoms with van der Waals surface area (Å²) in [6, 6.07) is 16.1. The molecule has 0 aliphatic carbocycles. The van der Waals surface area contributed by atoms with E-state index in [0.717, 1.165) is 0 Å². The molecule has 0 amide bonds. The van der Waals surface area contributed by atoms with Crippen LogP contribution in [0.25, 0.3) is 5.65 Å². The summed E-state index contributed by atoms with van der Waals surface area (Å²) in [7, 11) is 1.85. The summed E-state index contributed by atoms with van der Waals surface area (Å²) in [5.41, 5.74) is 0.975. The Morgan fingerprint density at radius 1 is 1.25 bits per heavy atom. The van der Waals surface area contributed by atoms with Crippen molar-refractivity contribution < 1.29 is 4.74 Å². The highest BCUT2D eigenvalue weighted by Gasteiger charge is 2.08. The molecule has 1 aromatic carbocycles. The Labute approximate surface area is 139 Å². The van der Waals surface area contributed by atoms with Crippen molar-refractivity contribution in [1.82, 2.24) is 9.38 Å². The van der Waals surface area contributed by atoms with Gasteiger partial charge in [-0.25, -0.2) is 4.98 Å². The van der Waals surface area contributed by atoms with E-state index in [1.54, 1.807) is 36.5 Å². The summed E-state index contributed by atoms with van der Waals surface area (Å²) < 4.78 is 7.16. The second kappa shape index (κ2) is 6.84. The van der Waals surface area contributed by atoms with Crippen LogP contribution in [0, 0.1) is 11.3 Å². The number of nitriles is 1. The van der Waals surface area contributed by atoms with Crippen molar-refractivity contribution in [2.24, 2.45) is 0 Å². The fourth-order valence-corrected chi connectivity index (χ4v) is 2.33. The number of benzene rings is 1. The zero-order chi connectivity index (χ0) is 16.9. The van der Waals surface area contributed by atoms with E-state index in [1.807, 2.05) is 24.1 Å². The summed E-state index contributed by atoms with van der Waals surface area (Å²) in [4.78, 5) is 18.4. The van der Waals surface area contributed by atoms with E-state index < -0.39 is 0 Å². The molecule has 120 valence electrons. The first-order chi connectivity index (χ1) is 11.7. The smallest absolute Gasteiger partial charge is 0.259 e. The van der Waals surface area contributed by atoms with Crippen LogP contribution >= 0.6 is 0 Å². The van der Waals surface area contributed by atoms with Crippen LogP contribution in [0.3, 0.4) is 0 Å². The number of para-hydroxylation sites is 1. The Morgan fingerprint density at radius 3 is 2.88 bits per heavy atom. The number of aromatic nitrogens is 2. The molecular formula is C18H16N4O2. The van der Waals surface area contributed by atoms with E-state index >= 15 is 0 Å². The Kier molecular flexibility index (Phi) is 4.43. The normalized spacial score (nSPS) is 10.3. The molecule has 0 radical (unpaired) electrons. The molecule has 3 aromatic rings. The SMILES string of the molecule is CN(CCOc1ccccc1C#N)c1cc(=O)n2ccccc2n1. The predicted molar refractivity (Wildman–Crippen MR) is 91.4 cm³/mol. The van der Waals surface area contributed by atoms with Crippen molar-refractivity contribution in [1.29, 1.82) is 5.26 Å². The van der Waals surface area contributed by atoms with Gasteiger partial charge in [0.25, 0.3) is 5.56 Å². The highest BCUT2D eigenvalue weighted by atomic mass is 16.5. The largest absolute Gasteiger partial charge is 0.490 e. The third-order valence-corrected chi connectivity index (χ3v) is 3.64. The maximum atomic E-state index is 12.1. The number of hydrogen-bond acceptors (Lipinski definition) is 5. The maximum absolute atomic E-state index is 12.1. The van der Waals surface area contributed by atoms with Gasteiger partial charge in [-0.3, -0.25) is 9.20 Å². The molecule has 0 N–H and O–H groups in total. The van der Waals surface area contributed by atoms with Crippen LogP contribution in [0.15, 0.2) is 59.5 Å². The van der Waals surface area contributed by atoms with E-state index in [2.05, 4.69) is 11.1 Å². The lowest BCUT2D eigenvalue weighted by atomic mass is 10.2. The van der Waals surface area contributed by atoms with Gasteiger partial charge in [-0.1, -0.05) is 18.2 Å². The van der Waals surface area contributed by atoms with Gasteiger partial charge in [0.1, 0.15) is 29.9 Å². The number of pyridine rings is 1. The average molecular weight is 320 g/mol. The van der Waals surface area contributed by atoms with Crippen LogP contribution in [0.2, 0.25) is 0 Å². The quantitative estimate of drug-likeness (QED) is 0.720. The summed E-state index contributed by atoms with van der Waals surface area (Å²) in [6.07, 6.45) is 1.69. The van der Waals surface area contributed by atoms with Gasteiger partial charge in [0.05, 0.1) is 12.1 Å². The zero-order valence-corrected chi connectivity index (χ0v) is 13.2. The van der Waals surface area contributed by atoms with Gasteiger partial charge in [0, 0.05) is 19.3 Å². The highest BCUT2D eigenvalue weighted by Crippen LogP contribution is 2.16. The van der Waals surface area contributed by atoms with Gasteiger partial charge < -0.3 is 9.64 Å². The molecule has 0 atom stereocenters. The molecule has 0 unspecified atom stereocenters. The van der Waals surface area contributed by atoms with Crippen LogP contribution in [-0.2, 0) is 0 Å². The minimum absolute atomic E-state index is 0.127. The minimum Gasteiger partial charge on any atom is -0.490 e. The van der Waals surface area contributed by atoms with E-state index in [-0.39, 0.29) is 5.56 Å². The third kappa shape index (κ3) is 3.20. The summed E-state index contributed by atoms with van der Waals surface area (Å²) in [6.45, 7) is 0.917. The van der Waals surface area contributed by atoms with Crippen LogP contribution in [0.5, 0.6) is 5.75 Å². The van der Waals surface area contributed by atoms with E-state index in [4.69, 9.17) is 10.00 Å². The second-order valence-corrected chi connectivity index (χ2v) is 5.26. The number of nitrogens with zero attached hydrogens (tertiary/aromatic N) is 4. The molecule has 0 aliphatic rings. The van der Waals surface area contributed by atoms with Gasteiger partial charge >= 0.3 is 0 Å². The molecule has 6 heteroatoms. The molecule has 0 fully saturated rings. The van der Waals surface area contributed by atoms with Crippen LogP contribution < -0.4 is 15.2 Å². The fraction of sp³-hybridized carbons (Fsp3) is 0.167. The van der Waals surface area contributed by atoms with Crippen LogP contribution in [-0.4, -0.2) is 29.6 Å². The van der Waals surface area contributed by atoms with Crippen molar-refractivity contribution in [2.75, 3.05) is 25.1 Å². The van der Waals surface area contributed by atoms with E-state index in [9.17, 15) is 4.79 Å². The maximum Gasteiger partial charge on any atom is 0.259 e. The van der Waals surface area contributed by atoms with Gasteiger partial charge in [-0.2, -0.15) is 5.26 Å². The molecule has 2 heterocycles. The Hall–Kier alpha value is -3.33. The molecule has 0 saturated heterocycles. The van der Waals surface area contributed by atoms with Crippen molar-refractivity contribution in [3.63, 3.8) is 0 Å². The molecule has 0 bridgehead atoms. The lowest BCUT2D eigenvalue weighted by Crippen LogP contribution is -2.27. The molecule has 0 spiro atoms. The first-order valence-corrected chi connectivity index (χ1v) is 7.50.